The summed E-state index contributed by atoms with van der Waals surface area (Å²) in [4.78, 5) is 14.7. The van der Waals surface area contributed by atoms with Crippen molar-refractivity contribution in [3.8, 4) is 11.3 Å². The second-order valence-electron chi connectivity index (χ2n) is 4.71. The van der Waals surface area contributed by atoms with Gasteiger partial charge in [-0.05, 0) is 30.7 Å². The lowest BCUT2D eigenvalue weighted by Gasteiger charge is -2.01. The van der Waals surface area contributed by atoms with Crippen LogP contribution in [0.3, 0.4) is 0 Å². The van der Waals surface area contributed by atoms with E-state index in [0.29, 0.717) is 21.0 Å². The van der Waals surface area contributed by atoms with E-state index in [1.54, 1.807) is 12.1 Å². The smallest absolute Gasteiger partial charge is 0.152 e. The first kappa shape index (κ1) is 13.2. The molecule has 2 nitrogen and oxygen atoms in total. The van der Waals surface area contributed by atoms with Crippen LogP contribution in [0.25, 0.3) is 22.2 Å². The minimum Gasteiger partial charge on any atom is -0.354 e. The zero-order valence-electron chi connectivity index (χ0n) is 10.7. The summed E-state index contributed by atoms with van der Waals surface area (Å²) in [7, 11) is 0. The first-order valence-corrected chi connectivity index (χ1v) is 6.88. The summed E-state index contributed by atoms with van der Waals surface area (Å²) in [5.41, 5.74) is 4.17. The number of benzene rings is 2. The number of halogens is 2. The van der Waals surface area contributed by atoms with E-state index < -0.39 is 0 Å². The van der Waals surface area contributed by atoms with Crippen molar-refractivity contribution in [3.05, 3.63) is 57.6 Å². The molecule has 0 atom stereocenters. The van der Waals surface area contributed by atoms with Crippen molar-refractivity contribution >= 4 is 40.4 Å². The number of carbonyl (C=O) groups excluding carboxylic acids is 1. The van der Waals surface area contributed by atoms with E-state index in [1.165, 1.54) is 0 Å². The molecule has 3 rings (SSSR count). The van der Waals surface area contributed by atoms with Gasteiger partial charge in [0.25, 0.3) is 0 Å². The molecule has 0 bridgehead atoms. The maximum absolute atomic E-state index is 11.5. The van der Waals surface area contributed by atoms with Crippen molar-refractivity contribution in [2.24, 2.45) is 0 Å². The van der Waals surface area contributed by atoms with E-state index in [1.807, 2.05) is 31.2 Å². The van der Waals surface area contributed by atoms with Crippen molar-refractivity contribution in [2.75, 3.05) is 0 Å². The van der Waals surface area contributed by atoms with Crippen molar-refractivity contribution in [2.45, 2.75) is 6.92 Å². The average Bonchev–Trinajstić information content (AvgIpc) is 2.77. The molecule has 4 heteroatoms. The first-order chi connectivity index (χ1) is 9.60. The van der Waals surface area contributed by atoms with E-state index >= 15 is 0 Å². The number of aryl methyl sites for hydroxylation is 1. The Labute approximate surface area is 126 Å². The third-order valence-corrected chi connectivity index (χ3v) is 3.79. The number of carbonyl (C=O) groups is 1. The fourth-order valence-corrected chi connectivity index (χ4v) is 3.01. The van der Waals surface area contributed by atoms with Crippen molar-refractivity contribution in [3.63, 3.8) is 0 Å². The zero-order valence-corrected chi connectivity index (χ0v) is 12.2. The molecule has 1 N–H and O–H groups in total. The van der Waals surface area contributed by atoms with Crippen LogP contribution in [0.2, 0.25) is 10.0 Å². The maximum atomic E-state index is 11.5. The van der Waals surface area contributed by atoms with Crippen LogP contribution in [0.4, 0.5) is 0 Å². The molecule has 0 unspecified atom stereocenters. The molecular weight excluding hydrogens is 293 g/mol. The van der Waals surface area contributed by atoms with Crippen LogP contribution in [0.1, 0.15) is 15.9 Å². The number of aldehydes is 1. The van der Waals surface area contributed by atoms with Gasteiger partial charge in [0.2, 0.25) is 0 Å². The van der Waals surface area contributed by atoms with Gasteiger partial charge in [-0.15, -0.1) is 0 Å². The Kier molecular flexibility index (Phi) is 3.28. The lowest BCUT2D eigenvalue weighted by molar-refractivity contribution is 0.112. The summed E-state index contributed by atoms with van der Waals surface area (Å²) in [6, 6.07) is 11.4. The molecule has 2 aromatic carbocycles. The number of H-pyrrole nitrogens is 1. The molecule has 0 amide bonds. The molecule has 1 heterocycles. The van der Waals surface area contributed by atoms with E-state index in [4.69, 9.17) is 23.2 Å². The molecule has 0 aliphatic carbocycles. The molecule has 0 fully saturated rings. The van der Waals surface area contributed by atoms with Gasteiger partial charge >= 0.3 is 0 Å². The van der Waals surface area contributed by atoms with Crippen LogP contribution in [0.15, 0.2) is 36.4 Å². The predicted molar refractivity (Wildman–Crippen MR) is 83.9 cm³/mol. The Morgan fingerprint density at radius 2 is 1.95 bits per heavy atom. The van der Waals surface area contributed by atoms with Gasteiger partial charge in [0.15, 0.2) is 6.29 Å². The highest BCUT2D eigenvalue weighted by atomic mass is 35.5. The van der Waals surface area contributed by atoms with Crippen molar-refractivity contribution in [1.29, 1.82) is 0 Å². The summed E-state index contributed by atoms with van der Waals surface area (Å²) >= 11 is 12.2. The molecule has 100 valence electrons. The Morgan fingerprint density at radius 3 is 2.65 bits per heavy atom. The van der Waals surface area contributed by atoms with Gasteiger partial charge < -0.3 is 4.98 Å². The molecule has 0 spiro atoms. The monoisotopic (exact) mass is 303 g/mol. The molecular formula is C16H11Cl2NO. The number of aromatic nitrogens is 1. The molecule has 3 aromatic rings. The fraction of sp³-hybridized carbons (Fsp3) is 0.0625. The van der Waals surface area contributed by atoms with Crippen molar-refractivity contribution in [1.82, 2.24) is 4.98 Å². The third-order valence-electron chi connectivity index (χ3n) is 3.28. The number of hydrogen-bond donors (Lipinski definition) is 1. The normalized spacial score (nSPS) is 10.9. The minimum atomic E-state index is 0.477. The van der Waals surface area contributed by atoms with Gasteiger partial charge in [-0.25, -0.2) is 0 Å². The Morgan fingerprint density at radius 1 is 1.15 bits per heavy atom. The van der Waals surface area contributed by atoms with Gasteiger partial charge in [0.1, 0.15) is 0 Å². The third kappa shape index (κ3) is 2.11. The van der Waals surface area contributed by atoms with Crippen LogP contribution in [0, 0.1) is 6.92 Å². The lowest BCUT2D eigenvalue weighted by Crippen LogP contribution is -1.85. The molecule has 20 heavy (non-hydrogen) atoms. The Bertz CT molecular complexity index is 821. The highest BCUT2D eigenvalue weighted by Crippen LogP contribution is 2.35. The number of rotatable bonds is 2. The van der Waals surface area contributed by atoms with Crippen LogP contribution in [-0.4, -0.2) is 11.3 Å². The summed E-state index contributed by atoms with van der Waals surface area (Å²) < 4.78 is 0. The van der Waals surface area contributed by atoms with Crippen molar-refractivity contribution < 1.29 is 4.79 Å². The molecule has 0 aliphatic rings. The lowest BCUT2D eigenvalue weighted by atomic mass is 10.0. The highest BCUT2D eigenvalue weighted by molar-refractivity contribution is 6.39. The van der Waals surface area contributed by atoms with Gasteiger partial charge in [-0.3, -0.25) is 4.79 Å². The second-order valence-corrected chi connectivity index (χ2v) is 5.55. The number of hydrogen-bond acceptors (Lipinski definition) is 1. The highest BCUT2D eigenvalue weighted by Gasteiger charge is 2.15. The molecule has 0 aliphatic heterocycles. The van der Waals surface area contributed by atoms with Gasteiger partial charge in [-0.1, -0.05) is 47.0 Å². The van der Waals surface area contributed by atoms with Crippen LogP contribution >= 0.6 is 23.2 Å². The summed E-state index contributed by atoms with van der Waals surface area (Å²) in [5.74, 6) is 0. The Balaban J connectivity index is 2.37. The minimum absolute atomic E-state index is 0.477. The van der Waals surface area contributed by atoms with Crippen LogP contribution in [0.5, 0.6) is 0 Å². The first-order valence-electron chi connectivity index (χ1n) is 6.13. The van der Waals surface area contributed by atoms with Gasteiger partial charge in [0, 0.05) is 21.5 Å². The largest absolute Gasteiger partial charge is 0.354 e. The standard InChI is InChI=1S/C16H11Cl2NO/c1-9-3-2-4-10(5-9)16-12(8-20)15-13(18)6-11(17)7-14(15)19-16/h2-8,19H,1H3. The van der Waals surface area contributed by atoms with E-state index in [0.717, 1.165) is 28.6 Å². The summed E-state index contributed by atoms with van der Waals surface area (Å²) in [5, 5.41) is 1.73. The molecule has 0 saturated carbocycles. The fourth-order valence-electron chi connectivity index (χ4n) is 2.42. The quantitative estimate of drug-likeness (QED) is 0.643. The number of fused-ring (bicyclic) bond motifs is 1. The second kappa shape index (κ2) is 4.97. The van der Waals surface area contributed by atoms with Crippen LogP contribution in [-0.2, 0) is 0 Å². The SMILES string of the molecule is Cc1cccc(-c2[nH]c3cc(Cl)cc(Cl)c3c2C=O)c1. The zero-order chi connectivity index (χ0) is 14.3. The maximum Gasteiger partial charge on any atom is 0.152 e. The summed E-state index contributed by atoms with van der Waals surface area (Å²) in [6.07, 6.45) is 0.830. The Hall–Kier alpha value is -1.77. The average molecular weight is 304 g/mol. The van der Waals surface area contributed by atoms with E-state index in [2.05, 4.69) is 4.98 Å². The molecule has 1 aromatic heterocycles. The number of nitrogens with one attached hydrogen (secondary N) is 1. The van der Waals surface area contributed by atoms with Gasteiger partial charge in [0.05, 0.1) is 10.7 Å². The molecule has 0 saturated heterocycles. The predicted octanol–water partition coefficient (Wildman–Crippen LogP) is 5.26. The van der Waals surface area contributed by atoms with E-state index in [-0.39, 0.29) is 0 Å². The van der Waals surface area contributed by atoms with Crippen LogP contribution < -0.4 is 0 Å². The van der Waals surface area contributed by atoms with E-state index in [9.17, 15) is 4.79 Å². The summed E-state index contributed by atoms with van der Waals surface area (Å²) in [6.45, 7) is 2.01. The number of aromatic amines is 1. The molecule has 0 radical (unpaired) electrons. The topological polar surface area (TPSA) is 32.9 Å². The van der Waals surface area contributed by atoms with Gasteiger partial charge in [-0.2, -0.15) is 0 Å².